The molecule has 0 radical (unpaired) electrons. The van der Waals surface area contributed by atoms with Gasteiger partial charge in [0.25, 0.3) is 0 Å². The molecule has 0 saturated carbocycles. The van der Waals surface area contributed by atoms with Crippen LogP contribution in [0.1, 0.15) is 19.5 Å². The maximum Gasteiger partial charge on any atom is 0.233 e. The van der Waals surface area contributed by atoms with Crippen LogP contribution in [-0.4, -0.2) is 33.4 Å². The highest BCUT2D eigenvalue weighted by Gasteiger charge is 2.06. The maximum absolute atomic E-state index is 11.6. The lowest BCUT2D eigenvalue weighted by Gasteiger charge is -2.08. The minimum Gasteiger partial charge on any atom is -0.355 e. The predicted molar refractivity (Wildman–Crippen MR) is 80.2 cm³/mol. The molecule has 0 spiro atoms. The summed E-state index contributed by atoms with van der Waals surface area (Å²) in [7, 11) is 0. The fourth-order valence-electron chi connectivity index (χ4n) is 1.73. The summed E-state index contributed by atoms with van der Waals surface area (Å²) in [6.07, 6.45) is 5.34. The van der Waals surface area contributed by atoms with E-state index in [0.29, 0.717) is 25.6 Å². The highest BCUT2D eigenvalue weighted by atomic mass is 79.9. The van der Waals surface area contributed by atoms with Crippen molar-refractivity contribution in [2.75, 3.05) is 13.1 Å². The van der Waals surface area contributed by atoms with Crippen LogP contribution in [0.3, 0.4) is 0 Å². The first-order valence-corrected chi connectivity index (χ1v) is 7.30. The lowest BCUT2D eigenvalue weighted by atomic mass is 10.2. The molecule has 0 aliphatic carbocycles. The van der Waals surface area contributed by atoms with Crippen LogP contribution in [0.2, 0.25) is 0 Å². The van der Waals surface area contributed by atoms with Gasteiger partial charge in [-0.25, -0.2) is 9.97 Å². The van der Waals surface area contributed by atoms with Crippen LogP contribution in [0.15, 0.2) is 23.2 Å². The Morgan fingerprint density at radius 1 is 1.40 bits per heavy atom. The zero-order chi connectivity index (χ0) is 14.5. The van der Waals surface area contributed by atoms with Crippen molar-refractivity contribution in [2.24, 2.45) is 5.92 Å². The van der Waals surface area contributed by atoms with Crippen molar-refractivity contribution in [1.82, 2.24) is 25.0 Å². The molecule has 0 aliphatic heterocycles. The molecule has 0 aliphatic rings. The SMILES string of the molecule is CC(C)CNC(=O)CNCc1cnc2cnc(Br)cn12. The summed E-state index contributed by atoms with van der Waals surface area (Å²) in [5.41, 5.74) is 1.77. The van der Waals surface area contributed by atoms with Crippen LogP contribution in [0.4, 0.5) is 0 Å². The molecule has 2 aromatic rings. The number of hydrogen-bond donors (Lipinski definition) is 2. The van der Waals surface area contributed by atoms with Gasteiger partial charge in [0.1, 0.15) is 4.60 Å². The molecule has 0 unspecified atom stereocenters. The van der Waals surface area contributed by atoms with Gasteiger partial charge in [-0.2, -0.15) is 0 Å². The van der Waals surface area contributed by atoms with Crippen LogP contribution in [0.5, 0.6) is 0 Å². The van der Waals surface area contributed by atoms with E-state index in [-0.39, 0.29) is 5.91 Å². The Morgan fingerprint density at radius 2 is 2.20 bits per heavy atom. The molecule has 6 nitrogen and oxygen atoms in total. The minimum atomic E-state index is 0.00960. The second-order valence-corrected chi connectivity index (χ2v) is 5.80. The number of hydrogen-bond acceptors (Lipinski definition) is 4. The molecule has 108 valence electrons. The highest BCUT2D eigenvalue weighted by molar-refractivity contribution is 9.10. The lowest BCUT2D eigenvalue weighted by molar-refractivity contribution is -0.120. The fourth-order valence-corrected chi connectivity index (χ4v) is 2.04. The van der Waals surface area contributed by atoms with E-state index in [2.05, 4.69) is 50.4 Å². The first-order chi connectivity index (χ1) is 9.56. The Bertz CT molecular complexity index is 595. The minimum absolute atomic E-state index is 0.00960. The number of carbonyl (C=O) groups is 1. The summed E-state index contributed by atoms with van der Waals surface area (Å²) < 4.78 is 2.69. The number of imidazole rings is 1. The van der Waals surface area contributed by atoms with Crippen LogP contribution in [0.25, 0.3) is 5.65 Å². The van der Waals surface area contributed by atoms with Crippen LogP contribution in [0, 0.1) is 5.92 Å². The van der Waals surface area contributed by atoms with Gasteiger partial charge in [-0.3, -0.25) is 9.20 Å². The van der Waals surface area contributed by atoms with Gasteiger partial charge in [0.15, 0.2) is 5.65 Å². The van der Waals surface area contributed by atoms with E-state index >= 15 is 0 Å². The lowest BCUT2D eigenvalue weighted by Crippen LogP contribution is -2.35. The van der Waals surface area contributed by atoms with E-state index in [0.717, 1.165) is 15.9 Å². The van der Waals surface area contributed by atoms with Gasteiger partial charge in [-0.15, -0.1) is 0 Å². The number of aromatic nitrogens is 3. The monoisotopic (exact) mass is 339 g/mol. The predicted octanol–water partition coefficient (Wildman–Crippen LogP) is 1.35. The first kappa shape index (κ1) is 14.9. The molecule has 2 rings (SSSR count). The van der Waals surface area contributed by atoms with Crippen molar-refractivity contribution >= 4 is 27.5 Å². The summed E-state index contributed by atoms with van der Waals surface area (Å²) in [6.45, 7) is 5.71. The van der Waals surface area contributed by atoms with Crippen molar-refractivity contribution in [2.45, 2.75) is 20.4 Å². The number of nitrogens with one attached hydrogen (secondary N) is 2. The number of carbonyl (C=O) groups excluding carboxylic acids is 1. The van der Waals surface area contributed by atoms with Gasteiger partial charge in [-0.05, 0) is 21.8 Å². The van der Waals surface area contributed by atoms with Crippen LogP contribution < -0.4 is 10.6 Å². The average molecular weight is 340 g/mol. The van der Waals surface area contributed by atoms with Crippen LogP contribution >= 0.6 is 15.9 Å². The second-order valence-electron chi connectivity index (χ2n) is 4.99. The zero-order valence-corrected chi connectivity index (χ0v) is 13.1. The van der Waals surface area contributed by atoms with E-state index in [1.54, 1.807) is 12.4 Å². The van der Waals surface area contributed by atoms with E-state index in [1.165, 1.54) is 0 Å². The van der Waals surface area contributed by atoms with Gasteiger partial charge in [-0.1, -0.05) is 13.8 Å². The molecule has 2 heterocycles. The second kappa shape index (κ2) is 6.81. The molecule has 0 saturated heterocycles. The van der Waals surface area contributed by atoms with Gasteiger partial charge >= 0.3 is 0 Å². The van der Waals surface area contributed by atoms with Gasteiger partial charge in [0.05, 0.1) is 24.6 Å². The number of fused-ring (bicyclic) bond motifs is 1. The summed E-state index contributed by atoms with van der Waals surface area (Å²) in [5, 5.41) is 5.98. The Balaban J connectivity index is 1.87. The standard InChI is InChI=1S/C13H18BrN5O/c1-9(2)3-18-13(20)7-15-4-10-5-17-12-6-16-11(14)8-19(10)12/h5-6,8-9,15H,3-4,7H2,1-2H3,(H,18,20). The molecule has 1 amide bonds. The normalized spacial score (nSPS) is 11.2. The molecular weight excluding hydrogens is 322 g/mol. The van der Waals surface area contributed by atoms with E-state index in [9.17, 15) is 4.79 Å². The van der Waals surface area contributed by atoms with E-state index < -0.39 is 0 Å². The Labute approximate surface area is 126 Å². The molecule has 0 aromatic carbocycles. The molecule has 20 heavy (non-hydrogen) atoms. The van der Waals surface area contributed by atoms with Gasteiger partial charge < -0.3 is 10.6 Å². The molecule has 2 aromatic heterocycles. The summed E-state index contributed by atoms with van der Waals surface area (Å²) in [5.74, 6) is 0.470. The Morgan fingerprint density at radius 3 is 2.95 bits per heavy atom. The number of rotatable bonds is 6. The molecule has 2 N–H and O–H groups in total. The van der Waals surface area contributed by atoms with Crippen LogP contribution in [-0.2, 0) is 11.3 Å². The molecular formula is C13H18BrN5O. The number of nitrogens with zero attached hydrogens (tertiary/aromatic N) is 3. The zero-order valence-electron chi connectivity index (χ0n) is 11.6. The van der Waals surface area contributed by atoms with Gasteiger partial charge in [0.2, 0.25) is 5.91 Å². The number of halogens is 1. The average Bonchev–Trinajstić information content (AvgIpc) is 2.79. The third kappa shape index (κ3) is 4.01. The Kier molecular flexibility index (Phi) is 5.08. The molecule has 0 fully saturated rings. The third-order valence-corrected chi connectivity index (χ3v) is 3.15. The van der Waals surface area contributed by atoms with Crippen molar-refractivity contribution in [3.8, 4) is 0 Å². The van der Waals surface area contributed by atoms with Crippen molar-refractivity contribution < 1.29 is 4.79 Å². The fraction of sp³-hybridized carbons (Fsp3) is 0.462. The topological polar surface area (TPSA) is 71.3 Å². The largest absolute Gasteiger partial charge is 0.355 e. The number of amides is 1. The molecule has 0 atom stereocenters. The van der Waals surface area contributed by atoms with Crippen molar-refractivity contribution in [3.05, 3.63) is 28.9 Å². The summed E-state index contributed by atoms with van der Waals surface area (Å²) >= 11 is 3.33. The first-order valence-electron chi connectivity index (χ1n) is 6.51. The molecule has 7 heteroatoms. The molecule has 0 bridgehead atoms. The quantitative estimate of drug-likeness (QED) is 0.833. The summed E-state index contributed by atoms with van der Waals surface area (Å²) in [4.78, 5) is 20.0. The van der Waals surface area contributed by atoms with E-state index in [4.69, 9.17) is 0 Å². The highest BCUT2D eigenvalue weighted by Crippen LogP contribution is 2.10. The summed E-state index contributed by atoms with van der Waals surface area (Å²) in [6, 6.07) is 0. The van der Waals surface area contributed by atoms with Crippen molar-refractivity contribution in [3.63, 3.8) is 0 Å². The smallest absolute Gasteiger partial charge is 0.233 e. The maximum atomic E-state index is 11.6. The van der Waals surface area contributed by atoms with Crippen molar-refractivity contribution in [1.29, 1.82) is 0 Å². The van der Waals surface area contributed by atoms with Gasteiger partial charge in [0, 0.05) is 19.3 Å². The third-order valence-electron chi connectivity index (χ3n) is 2.74. The Hall–Kier alpha value is -1.47. The van der Waals surface area contributed by atoms with E-state index in [1.807, 2.05) is 10.6 Å².